The van der Waals surface area contributed by atoms with Crippen LogP contribution in [0.4, 0.5) is 26.3 Å². The fraction of sp³-hybridized carbons (Fsp3) is 0.588. The number of rotatable bonds is 8. The molecule has 0 amide bonds. The van der Waals surface area contributed by atoms with Gasteiger partial charge in [-0.2, -0.15) is 26.3 Å². The Labute approximate surface area is 177 Å². The Morgan fingerprint density at radius 2 is 1.57 bits per heavy atom. The van der Waals surface area contributed by atoms with E-state index in [2.05, 4.69) is 15.6 Å². The number of hydrogen-bond donors (Lipinski definition) is 2. The van der Waals surface area contributed by atoms with Gasteiger partial charge in [-0.1, -0.05) is 12.1 Å². The van der Waals surface area contributed by atoms with Crippen LogP contribution in [0.2, 0.25) is 0 Å². The van der Waals surface area contributed by atoms with E-state index < -0.39 is 24.5 Å². The van der Waals surface area contributed by atoms with Crippen LogP contribution in [-0.4, -0.2) is 57.3 Å². The van der Waals surface area contributed by atoms with Gasteiger partial charge in [0, 0.05) is 20.1 Å². The molecule has 1 aromatic rings. The molecule has 0 bridgehead atoms. The maximum atomic E-state index is 12.5. The van der Waals surface area contributed by atoms with Crippen molar-refractivity contribution in [1.29, 1.82) is 0 Å². The van der Waals surface area contributed by atoms with Gasteiger partial charge in [-0.25, -0.2) is 0 Å². The molecule has 0 spiro atoms. The Balaban J connectivity index is 0.00000729. The van der Waals surface area contributed by atoms with Crippen LogP contribution in [0.5, 0.6) is 0 Å². The largest absolute Gasteiger partial charge is 0.416 e. The first-order valence-corrected chi connectivity index (χ1v) is 8.37. The smallest absolute Gasteiger partial charge is 0.356 e. The molecular formula is C17H25F6IN4. The van der Waals surface area contributed by atoms with Gasteiger partial charge in [-0.05, 0) is 44.1 Å². The van der Waals surface area contributed by atoms with Crippen LogP contribution in [0.25, 0.3) is 0 Å². The van der Waals surface area contributed by atoms with Crippen molar-refractivity contribution in [1.82, 2.24) is 15.5 Å². The fourth-order valence-corrected chi connectivity index (χ4v) is 2.35. The zero-order valence-corrected chi connectivity index (χ0v) is 18.0. The standard InChI is InChI=1S/C17H24F6N4.HI/c1-24-15(25-9-3-11-27(2)12-16(18,19)20)26-10-8-13-4-6-14(7-5-13)17(21,22)23;/h4-7H,3,8-12H2,1-2H3,(H2,24,25,26);1H. The van der Waals surface area contributed by atoms with Gasteiger partial charge in [0.05, 0.1) is 12.1 Å². The summed E-state index contributed by atoms with van der Waals surface area (Å²) < 4.78 is 74.2. The summed E-state index contributed by atoms with van der Waals surface area (Å²) in [6.07, 6.45) is -7.55. The van der Waals surface area contributed by atoms with Gasteiger partial charge in [-0.15, -0.1) is 24.0 Å². The highest BCUT2D eigenvalue weighted by Crippen LogP contribution is 2.29. The summed E-state index contributed by atoms with van der Waals surface area (Å²) in [5, 5.41) is 6.00. The van der Waals surface area contributed by atoms with Crippen molar-refractivity contribution in [3.63, 3.8) is 0 Å². The summed E-state index contributed by atoms with van der Waals surface area (Å²) in [5.41, 5.74) is 0.0619. The molecule has 0 atom stereocenters. The average Bonchev–Trinajstić information content (AvgIpc) is 2.55. The summed E-state index contributed by atoms with van der Waals surface area (Å²) in [6.45, 7) is 0.239. The number of nitrogens with zero attached hydrogens (tertiary/aromatic N) is 2. The molecule has 1 rings (SSSR count). The predicted octanol–water partition coefficient (Wildman–Crippen LogP) is 3.92. The molecule has 11 heteroatoms. The van der Waals surface area contributed by atoms with Gasteiger partial charge in [0.1, 0.15) is 0 Å². The molecule has 28 heavy (non-hydrogen) atoms. The number of nitrogens with one attached hydrogen (secondary N) is 2. The number of guanidine groups is 1. The van der Waals surface area contributed by atoms with E-state index in [1.165, 1.54) is 24.1 Å². The lowest BCUT2D eigenvalue weighted by Crippen LogP contribution is -2.40. The summed E-state index contributed by atoms with van der Waals surface area (Å²) in [4.78, 5) is 5.19. The van der Waals surface area contributed by atoms with Crippen molar-refractivity contribution in [3.8, 4) is 0 Å². The van der Waals surface area contributed by atoms with Crippen LogP contribution in [-0.2, 0) is 12.6 Å². The normalized spacial score (nSPS) is 12.7. The van der Waals surface area contributed by atoms with Gasteiger partial charge in [0.15, 0.2) is 5.96 Å². The van der Waals surface area contributed by atoms with Crippen LogP contribution in [0.15, 0.2) is 29.3 Å². The van der Waals surface area contributed by atoms with Crippen LogP contribution < -0.4 is 10.6 Å². The highest BCUT2D eigenvalue weighted by atomic mass is 127. The van der Waals surface area contributed by atoms with E-state index in [1.54, 1.807) is 7.05 Å². The second kappa shape index (κ2) is 12.3. The quantitative estimate of drug-likeness (QED) is 0.178. The summed E-state index contributed by atoms with van der Waals surface area (Å²) in [7, 11) is 2.97. The molecule has 162 valence electrons. The number of halogens is 7. The average molecular weight is 526 g/mol. The maximum Gasteiger partial charge on any atom is 0.416 e. The molecule has 0 aromatic heterocycles. The number of benzene rings is 1. The molecule has 0 aliphatic heterocycles. The first kappa shape index (κ1) is 26.8. The van der Waals surface area contributed by atoms with Crippen LogP contribution in [0, 0.1) is 0 Å². The Morgan fingerprint density at radius 3 is 2.07 bits per heavy atom. The lowest BCUT2D eigenvalue weighted by atomic mass is 10.1. The molecule has 0 unspecified atom stereocenters. The third-order valence-corrected chi connectivity index (χ3v) is 3.67. The van der Waals surface area contributed by atoms with E-state index in [0.29, 0.717) is 31.9 Å². The predicted molar refractivity (Wildman–Crippen MR) is 108 cm³/mol. The number of alkyl halides is 6. The van der Waals surface area contributed by atoms with Crippen LogP contribution in [0.3, 0.4) is 0 Å². The topological polar surface area (TPSA) is 39.7 Å². The van der Waals surface area contributed by atoms with E-state index in [9.17, 15) is 26.3 Å². The van der Waals surface area contributed by atoms with Gasteiger partial charge in [0.25, 0.3) is 0 Å². The molecule has 0 saturated carbocycles. The van der Waals surface area contributed by atoms with Gasteiger partial charge in [0.2, 0.25) is 0 Å². The second-order valence-corrected chi connectivity index (χ2v) is 6.08. The molecule has 0 heterocycles. The molecule has 0 fully saturated rings. The first-order chi connectivity index (χ1) is 12.5. The van der Waals surface area contributed by atoms with Gasteiger partial charge >= 0.3 is 12.4 Å². The molecule has 4 nitrogen and oxygen atoms in total. The second-order valence-electron chi connectivity index (χ2n) is 6.08. The highest BCUT2D eigenvalue weighted by molar-refractivity contribution is 14.0. The van der Waals surface area contributed by atoms with E-state index in [0.717, 1.165) is 17.7 Å². The van der Waals surface area contributed by atoms with Gasteiger partial charge in [-0.3, -0.25) is 9.89 Å². The minimum Gasteiger partial charge on any atom is -0.356 e. The SMILES string of the molecule is CN=C(NCCCN(C)CC(F)(F)F)NCCc1ccc(C(F)(F)F)cc1.I. The Morgan fingerprint density at radius 1 is 1.00 bits per heavy atom. The van der Waals surface area contributed by atoms with Crippen LogP contribution in [0.1, 0.15) is 17.5 Å². The Hall–Kier alpha value is -1.24. The monoisotopic (exact) mass is 526 g/mol. The first-order valence-electron chi connectivity index (χ1n) is 8.37. The molecule has 2 N–H and O–H groups in total. The van der Waals surface area contributed by atoms with E-state index in [1.807, 2.05) is 0 Å². The zero-order chi connectivity index (χ0) is 20.5. The molecule has 0 radical (unpaired) electrons. The highest BCUT2D eigenvalue weighted by Gasteiger charge is 2.30. The third-order valence-electron chi connectivity index (χ3n) is 3.67. The molecular weight excluding hydrogens is 501 g/mol. The van der Waals surface area contributed by atoms with Crippen molar-refractivity contribution in [2.75, 3.05) is 40.3 Å². The van der Waals surface area contributed by atoms with Crippen molar-refractivity contribution < 1.29 is 26.3 Å². The molecule has 0 aliphatic rings. The van der Waals surface area contributed by atoms with E-state index >= 15 is 0 Å². The Kier molecular flexibility index (Phi) is 11.8. The van der Waals surface area contributed by atoms with Crippen LogP contribution >= 0.6 is 24.0 Å². The lowest BCUT2D eigenvalue weighted by Gasteiger charge is -2.19. The van der Waals surface area contributed by atoms with Crippen molar-refractivity contribution >= 4 is 29.9 Å². The third kappa shape index (κ3) is 11.6. The zero-order valence-electron chi connectivity index (χ0n) is 15.6. The number of aliphatic imine (C=N–C) groups is 1. The van der Waals surface area contributed by atoms with E-state index in [4.69, 9.17) is 0 Å². The summed E-state index contributed by atoms with van der Waals surface area (Å²) in [5.74, 6) is 0.486. The van der Waals surface area contributed by atoms with Gasteiger partial charge < -0.3 is 10.6 Å². The minimum absolute atomic E-state index is 0. The molecule has 1 aromatic carbocycles. The van der Waals surface area contributed by atoms with Crippen molar-refractivity contribution in [3.05, 3.63) is 35.4 Å². The summed E-state index contributed by atoms with van der Waals surface area (Å²) >= 11 is 0. The number of hydrogen-bond acceptors (Lipinski definition) is 2. The lowest BCUT2D eigenvalue weighted by molar-refractivity contribution is -0.143. The van der Waals surface area contributed by atoms with Crippen molar-refractivity contribution in [2.24, 2.45) is 4.99 Å². The fourth-order valence-electron chi connectivity index (χ4n) is 2.35. The summed E-state index contributed by atoms with van der Waals surface area (Å²) in [6, 6.07) is 4.94. The van der Waals surface area contributed by atoms with E-state index in [-0.39, 0.29) is 30.5 Å². The maximum absolute atomic E-state index is 12.5. The molecule has 0 aliphatic carbocycles. The minimum atomic E-state index is -4.35. The molecule has 0 saturated heterocycles. The Bertz CT molecular complexity index is 587. The van der Waals surface area contributed by atoms with Crippen molar-refractivity contribution in [2.45, 2.75) is 25.2 Å².